The molecule has 10 heavy (non-hydrogen) atoms. The van der Waals surface area contributed by atoms with Crippen molar-refractivity contribution < 1.29 is 9.53 Å². The molecule has 0 unspecified atom stereocenters. The van der Waals surface area contributed by atoms with E-state index < -0.39 is 5.97 Å². The van der Waals surface area contributed by atoms with Crippen LogP contribution in [0.3, 0.4) is 0 Å². The van der Waals surface area contributed by atoms with Crippen LogP contribution in [-0.4, -0.2) is 18.1 Å². The molecular weight excluding hydrogens is 218 g/mol. The predicted octanol–water partition coefficient (Wildman–Crippen LogP) is 1.69. The lowest BCUT2D eigenvalue weighted by atomic mass is 10.7. The summed E-state index contributed by atoms with van der Waals surface area (Å²) in [6.07, 6.45) is 0. The summed E-state index contributed by atoms with van der Waals surface area (Å²) >= 11 is 4.37. The maximum atomic E-state index is 10.7. The number of ether oxygens (including phenoxy) is 1. The quantitative estimate of drug-likeness (QED) is 0.678. The first kappa shape index (κ1) is 7.68. The molecule has 0 aliphatic heterocycles. The van der Waals surface area contributed by atoms with Crippen molar-refractivity contribution in [2.45, 2.75) is 0 Å². The highest BCUT2D eigenvalue weighted by Gasteiger charge is 2.08. The third-order valence-electron chi connectivity index (χ3n) is 0.836. The maximum Gasteiger partial charge on any atom is 0.367 e. The molecule has 3 nitrogen and oxygen atoms in total. The summed E-state index contributed by atoms with van der Waals surface area (Å²) in [5.41, 5.74) is 0. The summed E-state index contributed by atoms with van der Waals surface area (Å²) in [7, 11) is 1.33. The van der Waals surface area contributed by atoms with Crippen molar-refractivity contribution in [3.8, 4) is 0 Å². The van der Waals surface area contributed by atoms with Crippen molar-refractivity contribution in [3.63, 3.8) is 0 Å². The van der Waals surface area contributed by atoms with E-state index in [2.05, 4.69) is 25.7 Å². The highest BCUT2D eigenvalue weighted by Crippen LogP contribution is 2.14. The lowest BCUT2D eigenvalue weighted by Crippen LogP contribution is -1.99. The number of hydrogen-bond donors (Lipinski definition) is 0. The number of thiazole rings is 1. The largest absolute Gasteiger partial charge is 0.464 e. The van der Waals surface area contributed by atoms with Crippen LogP contribution in [-0.2, 0) is 4.74 Å². The number of halogens is 1. The summed E-state index contributed by atoms with van der Waals surface area (Å²) in [5, 5.41) is 2.10. The minimum Gasteiger partial charge on any atom is -0.464 e. The molecule has 1 rings (SSSR count). The SMILES string of the molecule is COC(=O)c1nc(Br)cs1. The smallest absolute Gasteiger partial charge is 0.367 e. The van der Waals surface area contributed by atoms with E-state index in [-0.39, 0.29) is 0 Å². The minimum atomic E-state index is -0.393. The van der Waals surface area contributed by atoms with Crippen LogP contribution >= 0.6 is 27.3 Å². The van der Waals surface area contributed by atoms with Gasteiger partial charge < -0.3 is 4.74 Å². The van der Waals surface area contributed by atoms with Gasteiger partial charge in [0.05, 0.1) is 7.11 Å². The highest BCUT2D eigenvalue weighted by molar-refractivity contribution is 9.10. The topological polar surface area (TPSA) is 39.2 Å². The number of hydrogen-bond acceptors (Lipinski definition) is 4. The molecular formula is C5H4BrNO2S. The molecule has 0 N–H and O–H groups in total. The number of aromatic nitrogens is 1. The standard InChI is InChI=1S/C5H4BrNO2S/c1-9-5(8)4-7-3(6)2-10-4/h2H,1H3. The molecule has 0 aliphatic rings. The third kappa shape index (κ3) is 1.54. The van der Waals surface area contributed by atoms with E-state index in [1.54, 1.807) is 5.38 Å². The van der Waals surface area contributed by atoms with Gasteiger partial charge in [-0.15, -0.1) is 11.3 Å². The summed E-state index contributed by atoms with van der Waals surface area (Å²) in [5.74, 6) is -0.393. The number of nitrogens with zero attached hydrogens (tertiary/aromatic N) is 1. The van der Waals surface area contributed by atoms with Gasteiger partial charge >= 0.3 is 5.97 Å². The van der Waals surface area contributed by atoms with E-state index in [1.807, 2.05) is 0 Å². The summed E-state index contributed by atoms with van der Waals surface area (Å²) in [6.45, 7) is 0. The zero-order chi connectivity index (χ0) is 7.56. The van der Waals surface area contributed by atoms with Gasteiger partial charge in [-0.25, -0.2) is 9.78 Å². The molecule has 0 saturated carbocycles. The molecule has 1 heterocycles. The molecule has 54 valence electrons. The Morgan fingerprint density at radius 3 is 3.00 bits per heavy atom. The van der Waals surface area contributed by atoms with Crippen LogP contribution in [0.15, 0.2) is 9.98 Å². The lowest BCUT2D eigenvalue weighted by Gasteiger charge is -1.89. The van der Waals surface area contributed by atoms with Crippen LogP contribution in [0.2, 0.25) is 0 Å². The fourth-order valence-corrected chi connectivity index (χ4v) is 1.60. The fraction of sp³-hybridized carbons (Fsp3) is 0.200. The zero-order valence-corrected chi connectivity index (χ0v) is 7.53. The Kier molecular flexibility index (Phi) is 2.39. The van der Waals surface area contributed by atoms with Gasteiger partial charge in [0.1, 0.15) is 4.60 Å². The molecule has 0 fully saturated rings. The molecule has 1 aromatic heterocycles. The second-order valence-electron chi connectivity index (χ2n) is 1.47. The van der Waals surface area contributed by atoms with Gasteiger partial charge in [0.2, 0.25) is 5.01 Å². The van der Waals surface area contributed by atoms with Crippen LogP contribution in [0.4, 0.5) is 0 Å². The van der Waals surface area contributed by atoms with E-state index in [0.717, 1.165) is 0 Å². The van der Waals surface area contributed by atoms with Gasteiger partial charge in [0.25, 0.3) is 0 Å². The van der Waals surface area contributed by atoms with E-state index in [9.17, 15) is 4.79 Å². The Morgan fingerprint density at radius 1 is 1.90 bits per heavy atom. The van der Waals surface area contributed by atoms with Crippen molar-refractivity contribution >= 4 is 33.2 Å². The zero-order valence-electron chi connectivity index (χ0n) is 5.13. The van der Waals surface area contributed by atoms with Gasteiger partial charge in [0.15, 0.2) is 0 Å². The monoisotopic (exact) mass is 221 g/mol. The highest BCUT2D eigenvalue weighted by atomic mass is 79.9. The van der Waals surface area contributed by atoms with E-state index in [0.29, 0.717) is 9.61 Å². The van der Waals surface area contributed by atoms with Gasteiger partial charge in [-0.1, -0.05) is 0 Å². The number of rotatable bonds is 1. The molecule has 0 aromatic carbocycles. The van der Waals surface area contributed by atoms with E-state index >= 15 is 0 Å². The van der Waals surface area contributed by atoms with Crippen molar-refractivity contribution in [2.24, 2.45) is 0 Å². The predicted molar refractivity (Wildman–Crippen MR) is 41.2 cm³/mol. The van der Waals surface area contributed by atoms with Crippen LogP contribution in [0.5, 0.6) is 0 Å². The van der Waals surface area contributed by atoms with Gasteiger partial charge in [-0.05, 0) is 15.9 Å². The molecule has 0 amide bonds. The summed E-state index contributed by atoms with van der Waals surface area (Å²) in [4.78, 5) is 14.6. The number of esters is 1. The van der Waals surface area contributed by atoms with Gasteiger partial charge in [-0.2, -0.15) is 0 Å². The van der Waals surface area contributed by atoms with Gasteiger partial charge in [0, 0.05) is 5.38 Å². The molecule has 0 radical (unpaired) electrons. The first-order chi connectivity index (χ1) is 4.74. The Labute approximate surface area is 70.2 Å². The molecule has 0 bridgehead atoms. The Morgan fingerprint density at radius 2 is 2.60 bits per heavy atom. The average molecular weight is 222 g/mol. The third-order valence-corrected chi connectivity index (χ3v) is 2.37. The maximum absolute atomic E-state index is 10.7. The van der Waals surface area contributed by atoms with E-state index in [4.69, 9.17) is 0 Å². The summed E-state index contributed by atoms with van der Waals surface area (Å²) < 4.78 is 5.10. The van der Waals surface area contributed by atoms with Crippen molar-refractivity contribution in [1.82, 2.24) is 4.98 Å². The molecule has 0 aliphatic carbocycles. The molecule has 0 atom stereocenters. The van der Waals surface area contributed by atoms with Crippen LogP contribution in [0.1, 0.15) is 9.80 Å². The second kappa shape index (κ2) is 3.12. The first-order valence-electron chi connectivity index (χ1n) is 2.43. The Hall–Kier alpha value is -0.420. The molecule has 1 aromatic rings. The van der Waals surface area contributed by atoms with E-state index in [1.165, 1.54) is 18.4 Å². The second-order valence-corrected chi connectivity index (χ2v) is 3.14. The number of methoxy groups -OCH3 is 1. The normalized spacial score (nSPS) is 9.40. The lowest BCUT2D eigenvalue weighted by molar-refractivity contribution is 0.0600. The number of carbonyl (C=O) groups excluding carboxylic acids is 1. The van der Waals surface area contributed by atoms with Crippen molar-refractivity contribution in [1.29, 1.82) is 0 Å². The Balaban J connectivity index is 2.85. The van der Waals surface area contributed by atoms with Crippen LogP contribution in [0, 0.1) is 0 Å². The summed E-state index contributed by atoms with van der Waals surface area (Å²) in [6, 6.07) is 0. The molecule has 0 spiro atoms. The van der Waals surface area contributed by atoms with Crippen molar-refractivity contribution in [3.05, 3.63) is 15.0 Å². The van der Waals surface area contributed by atoms with Crippen molar-refractivity contribution in [2.75, 3.05) is 7.11 Å². The molecule has 5 heteroatoms. The Bertz CT molecular complexity index is 248. The van der Waals surface area contributed by atoms with Crippen LogP contribution in [0.25, 0.3) is 0 Å². The van der Waals surface area contributed by atoms with Gasteiger partial charge in [-0.3, -0.25) is 0 Å². The molecule has 0 saturated heterocycles. The van der Waals surface area contributed by atoms with Crippen LogP contribution < -0.4 is 0 Å². The average Bonchev–Trinajstić information content (AvgIpc) is 2.34. The number of carbonyl (C=O) groups is 1. The first-order valence-corrected chi connectivity index (χ1v) is 4.10. The fourth-order valence-electron chi connectivity index (χ4n) is 0.435. The minimum absolute atomic E-state index is 0.370.